The molecule has 1 aromatic carbocycles. The summed E-state index contributed by atoms with van der Waals surface area (Å²) in [6.45, 7) is 9.60. The Balaban J connectivity index is 1.98. The van der Waals surface area contributed by atoms with Gasteiger partial charge < -0.3 is 9.64 Å². The van der Waals surface area contributed by atoms with Gasteiger partial charge in [0.25, 0.3) is 0 Å². The van der Waals surface area contributed by atoms with E-state index in [1.54, 1.807) is 13.8 Å². The largest absolute Gasteiger partial charge is 0.456 e. The Labute approximate surface area is 156 Å². The minimum atomic E-state index is -1.05. The van der Waals surface area contributed by atoms with Gasteiger partial charge in [0.05, 0.1) is 5.41 Å². The summed E-state index contributed by atoms with van der Waals surface area (Å²) >= 11 is 0. The Kier molecular flexibility index (Phi) is 5.14. The topological polar surface area (TPSA) is 46.6 Å². The summed E-state index contributed by atoms with van der Waals surface area (Å²) in [4.78, 5) is 28.2. The monoisotopic (exact) mass is 357 g/mol. The number of benzene rings is 1. The van der Waals surface area contributed by atoms with Gasteiger partial charge in [0.15, 0.2) is 5.78 Å². The second kappa shape index (κ2) is 7.05. The highest BCUT2D eigenvalue weighted by Gasteiger charge is 2.60. The Morgan fingerprint density at radius 2 is 1.58 bits per heavy atom. The molecule has 0 bridgehead atoms. The molecule has 0 unspecified atom stereocenters. The van der Waals surface area contributed by atoms with Crippen LogP contribution < -0.4 is 4.90 Å². The van der Waals surface area contributed by atoms with Gasteiger partial charge in [0.1, 0.15) is 11.5 Å². The van der Waals surface area contributed by atoms with Crippen LogP contribution in [0, 0.1) is 10.8 Å². The van der Waals surface area contributed by atoms with Crippen LogP contribution in [0.5, 0.6) is 0 Å². The molecule has 142 valence electrons. The lowest BCUT2D eigenvalue weighted by atomic mass is 9.59. The highest BCUT2D eigenvalue weighted by atomic mass is 16.5. The Bertz CT molecular complexity index is 667. The van der Waals surface area contributed by atoms with Crippen molar-refractivity contribution < 1.29 is 14.3 Å². The van der Waals surface area contributed by atoms with Crippen LogP contribution in [0.15, 0.2) is 24.3 Å². The third-order valence-corrected chi connectivity index (χ3v) is 6.33. The standard InChI is InChI=1S/C22H31NO3/c1-5-23(6-2)17-12-10-16(11-13-17)18-22(14-8-7-9-15-22)19(24)21(3,4)20(25)26-18/h10-13,18H,5-9,14-15H2,1-4H3/t18-/m0/s1. The van der Waals surface area contributed by atoms with Crippen LogP contribution in [0.4, 0.5) is 5.69 Å². The smallest absolute Gasteiger partial charge is 0.319 e. The van der Waals surface area contributed by atoms with Gasteiger partial charge in [-0.3, -0.25) is 9.59 Å². The quantitative estimate of drug-likeness (QED) is 0.580. The molecule has 1 heterocycles. The van der Waals surface area contributed by atoms with E-state index >= 15 is 0 Å². The number of carbonyl (C=O) groups excluding carboxylic acids is 2. The maximum absolute atomic E-state index is 13.4. The van der Waals surface area contributed by atoms with Crippen LogP contribution >= 0.6 is 0 Å². The van der Waals surface area contributed by atoms with E-state index in [0.717, 1.165) is 56.4 Å². The highest BCUT2D eigenvalue weighted by Crippen LogP contribution is 2.55. The molecular weight excluding hydrogens is 326 g/mol. The van der Waals surface area contributed by atoms with Crippen LogP contribution in [-0.2, 0) is 14.3 Å². The van der Waals surface area contributed by atoms with Gasteiger partial charge in [0, 0.05) is 18.8 Å². The molecular formula is C22H31NO3. The van der Waals surface area contributed by atoms with Crippen molar-refractivity contribution in [3.63, 3.8) is 0 Å². The van der Waals surface area contributed by atoms with E-state index < -0.39 is 22.9 Å². The predicted molar refractivity (Wildman–Crippen MR) is 103 cm³/mol. The molecule has 3 rings (SSSR count). The summed E-state index contributed by atoms with van der Waals surface area (Å²) in [6.07, 6.45) is 4.36. The summed E-state index contributed by atoms with van der Waals surface area (Å²) in [5, 5.41) is 0. The van der Waals surface area contributed by atoms with Gasteiger partial charge in [-0.05, 0) is 58.2 Å². The van der Waals surface area contributed by atoms with Crippen LogP contribution in [0.3, 0.4) is 0 Å². The molecule has 26 heavy (non-hydrogen) atoms. The molecule has 2 aliphatic rings. The number of anilines is 1. The Morgan fingerprint density at radius 3 is 2.12 bits per heavy atom. The first kappa shape index (κ1) is 18.9. The van der Waals surface area contributed by atoms with E-state index in [1.165, 1.54) is 0 Å². The van der Waals surface area contributed by atoms with Gasteiger partial charge in [-0.1, -0.05) is 31.4 Å². The van der Waals surface area contributed by atoms with Crippen molar-refractivity contribution in [1.29, 1.82) is 0 Å². The van der Waals surface area contributed by atoms with Crippen LogP contribution in [0.25, 0.3) is 0 Å². The lowest BCUT2D eigenvalue weighted by Gasteiger charge is -2.49. The fourth-order valence-corrected chi connectivity index (χ4v) is 4.71. The first-order chi connectivity index (χ1) is 12.4. The summed E-state index contributed by atoms with van der Waals surface area (Å²) in [5.74, 6) is -0.324. The van der Waals surface area contributed by atoms with E-state index in [-0.39, 0.29) is 5.78 Å². The molecule has 1 aliphatic heterocycles. The molecule has 1 saturated heterocycles. The van der Waals surface area contributed by atoms with Crippen molar-refractivity contribution in [2.45, 2.75) is 65.9 Å². The van der Waals surface area contributed by atoms with Gasteiger partial charge in [-0.2, -0.15) is 0 Å². The van der Waals surface area contributed by atoms with Crippen molar-refractivity contribution in [2.24, 2.45) is 10.8 Å². The molecule has 1 spiro atoms. The Morgan fingerprint density at radius 1 is 1.00 bits per heavy atom. The lowest BCUT2D eigenvalue weighted by Crippen LogP contribution is -2.55. The van der Waals surface area contributed by atoms with E-state index in [2.05, 4.69) is 30.9 Å². The number of esters is 1. The molecule has 4 heteroatoms. The predicted octanol–water partition coefficient (Wildman–Crippen LogP) is 4.68. The minimum Gasteiger partial charge on any atom is -0.456 e. The zero-order valence-corrected chi connectivity index (χ0v) is 16.5. The molecule has 0 aromatic heterocycles. The third-order valence-electron chi connectivity index (χ3n) is 6.33. The summed E-state index contributed by atoms with van der Waals surface area (Å²) in [6, 6.07) is 8.23. The van der Waals surface area contributed by atoms with Crippen molar-refractivity contribution in [3.05, 3.63) is 29.8 Å². The third kappa shape index (κ3) is 2.93. The molecule has 0 radical (unpaired) electrons. The van der Waals surface area contributed by atoms with Crippen molar-refractivity contribution in [3.8, 4) is 0 Å². The fraction of sp³-hybridized carbons (Fsp3) is 0.636. The summed E-state index contributed by atoms with van der Waals surface area (Å²) in [7, 11) is 0. The van der Waals surface area contributed by atoms with Gasteiger partial charge in [-0.25, -0.2) is 0 Å². The SMILES string of the molecule is CCN(CC)c1ccc([C@@H]2OC(=O)C(C)(C)C(=O)C23CCCCC3)cc1. The lowest BCUT2D eigenvalue weighted by molar-refractivity contribution is -0.192. The van der Waals surface area contributed by atoms with Crippen LogP contribution in [-0.4, -0.2) is 24.8 Å². The second-order valence-electron chi connectivity index (χ2n) is 8.22. The number of ketones is 1. The normalized spacial score (nSPS) is 24.4. The molecule has 1 saturated carbocycles. The zero-order chi connectivity index (χ0) is 18.9. The van der Waals surface area contributed by atoms with Crippen molar-refractivity contribution >= 4 is 17.4 Å². The summed E-state index contributed by atoms with van der Waals surface area (Å²) < 4.78 is 5.93. The Hall–Kier alpha value is -1.84. The number of Topliss-reactive ketones (excluding diaryl/α,β-unsaturated/α-hetero) is 1. The zero-order valence-electron chi connectivity index (χ0n) is 16.5. The highest BCUT2D eigenvalue weighted by molar-refractivity contribution is 6.08. The first-order valence-corrected chi connectivity index (χ1v) is 9.97. The average Bonchev–Trinajstić information content (AvgIpc) is 2.66. The number of hydrogen-bond donors (Lipinski definition) is 0. The first-order valence-electron chi connectivity index (χ1n) is 9.97. The molecule has 4 nitrogen and oxygen atoms in total. The van der Waals surface area contributed by atoms with Crippen LogP contribution in [0.1, 0.15) is 71.5 Å². The number of nitrogens with zero attached hydrogens (tertiary/aromatic N) is 1. The van der Waals surface area contributed by atoms with E-state index in [1.807, 2.05) is 12.1 Å². The minimum absolute atomic E-state index is 0.0683. The molecule has 1 aromatic rings. The van der Waals surface area contributed by atoms with Crippen molar-refractivity contribution in [2.75, 3.05) is 18.0 Å². The van der Waals surface area contributed by atoms with Crippen molar-refractivity contribution in [1.82, 2.24) is 0 Å². The maximum atomic E-state index is 13.4. The van der Waals surface area contributed by atoms with Gasteiger partial charge >= 0.3 is 5.97 Å². The fourth-order valence-electron chi connectivity index (χ4n) is 4.71. The number of ether oxygens (including phenoxy) is 1. The van der Waals surface area contributed by atoms with Crippen LogP contribution in [0.2, 0.25) is 0 Å². The van der Waals surface area contributed by atoms with E-state index in [0.29, 0.717) is 0 Å². The second-order valence-corrected chi connectivity index (χ2v) is 8.22. The number of hydrogen-bond acceptors (Lipinski definition) is 4. The molecule has 1 aliphatic carbocycles. The van der Waals surface area contributed by atoms with E-state index in [9.17, 15) is 9.59 Å². The summed E-state index contributed by atoms with van der Waals surface area (Å²) in [5.41, 5.74) is 0.492. The molecule has 0 amide bonds. The molecule has 2 fully saturated rings. The number of rotatable bonds is 4. The van der Waals surface area contributed by atoms with Gasteiger partial charge in [0.2, 0.25) is 0 Å². The average molecular weight is 357 g/mol. The number of cyclic esters (lactones) is 1. The van der Waals surface area contributed by atoms with E-state index in [4.69, 9.17) is 4.74 Å². The molecule has 1 atom stereocenters. The molecule has 0 N–H and O–H groups in total. The maximum Gasteiger partial charge on any atom is 0.319 e. The number of carbonyl (C=O) groups is 2. The van der Waals surface area contributed by atoms with Gasteiger partial charge in [-0.15, -0.1) is 0 Å².